The lowest BCUT2D eigenvalue weighted by molar-refractivity contribution is -0.128. The van der Waals surface area contributed by atoms with Gasteiger partial charge in [0.2, 0.25) is 0 Å². The van der Waals surface area contributed by atoms with Crippen LogP contribution in [0, 0.1) is 0 Å². The van der Waals surface area contributed by atoms with Gasteiger partial charge in [0, 0.05) is 5.39 Å². The first-order valence-corrected chi connectivity index (χ1v) is 9.40. The van der Waals surface area contributed by atoms with Crippen LogP contribution in [0.5, 0.6) is 17.2 Å². The van der Waals surface area contributed by atoms with Crippen LogP contribution in [0.3, 0.4) is 0 Å². The van der Waals surface area contributed by atoms with Crippen molar-refractivity contribution < 1.29 is 19.0 Å². The van der Waals surface area contributed by atoms with Crippen LogP contribution in [0.25, 0.3) is 10.8 Å². The van der Waals surface area contributed by atoms with E-state index in [1.165, 1.54) is 0 Å². The molecule has 0 fully saturated rings. The van der Waals surface area contributed by atoms with Crippen molar-refractivity contribution in [2.24, 2.45) is 0 Å². The number of hydrogen-bond acceptors (Lipinski definition) is 4. The maximum absolute atomic E-state index is 12.5. The number of nitrogens with one attached hydrogen (secondary N) is 1. The predicted molar refractivity (Wildman–Crippen MR) is 110 cm³/mol. The lowest BCUT2D eigenvalue weighted by atomic mass is 10.1. The van der Waals surface area contributed by atoms with Gasteiger partial charge in [0.15, 0.2) is 6.10 Å². The summed E-state index contributed by atoms with van der Waals surface area (Å²) in [7, 11) is 1.62. The SMILES string of the molecule is CC[C@@H](Oc1cccc2ccccc12)C(=O)NCCOc1ccc(OC)cc1. The Bertz CT molecular complexity index is 903. The van der Waals surface area contributed by atoms with Crippen molar-refractivity contribution in [3.63, 3.8) is 0 Å². The highest BCUT2D eigenvalue weighted by atomic mass is 16.5. The molecule has 5 nitrogen and oxygen atoms in total. The number of amides is 1. The number of hydrogen-bond donors (Lipinski definition) is 1. The number of carbonyl (C=O) groups is 1. The summed E-state index contributed by atoms with van der Waals surface area (Å²) in [4.78, 5) is 12.5. The monoisotopic (exact) mass is 379 g/mol. The standard InChI is InChI=1S/C23H25NO4/c1-3-21(28-22-10-6-8-17-7-4-5-9-20(17)22)23(25)24-15-16-27-19-13-11-18(26-2)12-14-19/h4-14,21H,3,15-16H2,1-2H3,(H,24,25)/t21-/m1/s1. The Kier molecular flexibility index (Phi) is 6.73. The molecule has 3 aromatic carbocycles. The van der Waals surface area contributed by atoms with Crippen LogP contribution >= 0.6 is 0 Å². The highest BCUT2D eigenvalue weighted by Gasteiger charge is 2.18. The number of benzene rings is 3. The van der Waals surface area contributed by atoms with Crippen molar-refractivity contribution in [1.82, 2.24) is 5.32 Å². The molecule has 1 N–H and O–H groups in total. The molecule has 5 heteroatoms. The second kappa shape index (κ2) is 9.65. The number of ether oxygens (including phenoxy) is 3. The molecular weight excluding hydrogens is 354 g/mol. The van der Waals surface area contributed by atoms with Crippen LogP contribution in [-0.4, -0.2) is 32.3 Å². The zero-order chi connectivity index (χ0) is 19.8. The molecule has 1 amide bonds. The van der Waals surface area contributed by atoms with E-state index in [2.05, 4.69) is 5.32 Å². The third-order valence-corrected chi connectivity index (χ3v) is 4.41. The summed E-state index contributed by atoms with van der Waals surface area (Å²) in [6.45, 7) is 2.71. The van der Waals surface area contributed by atoms with Gasteiger partial charge in [-0.3, -0.25) is 4.79 Å². The Labute approximate surface area is 165 Å². The maximum Gasteiger partial charge on any atom is 0.261 e. The molecule has 28 heavy (non-hydrogen) atoms. The normalized spacial score (nSPS) is 11.6. The van der Waals surface area contributed by atoms with Gasteiger partial charge in [-0.05, 0) is 42.1 Å². The molecule has 0 heterocycles. The summed E-state index contributed by atoms with van der Waals surface area (Å²) in [6, 6.07) is 21.2. The van der Waals surface area contributed by atoms with Crippen LogP contribution in [0.1, 0.15) is 13.3 Å². The summed E-state index contributed by atoms with van der Waals surface area (Å²) in [6.07, 6.45) is 0.0285. The smallest absolute Gasteiger partial charge is 0.261 e. The van der Waals surface area contributed by atoms with Gasteiger partial charge in [-0.15, -0.1) is 0 Å². The molecule has 0 spiro atoms. The Hall–Kier alpha value is -3.21. The average Bonchev–Trinajstić information content (AvgIpc) is 2.75. The van der Waals surface area contributed by atoms with Gasteiger partial charge in [-0.1, -0.05) is 43.3 Å². The minimum Gasteiger partial charge on any atom is -0.497 e. The molecule has 146 valence electrons. The fraction of sp³-hybridized carbons (Fsp3) is 0.261. The molecule has 0 aliphatic heterocycles. The molecule has 3 rings (SSSR count). The number of methoxy groups -OCH3 is 1. The highest BCUT2D eigenvalue weighted by molar-refractivity contribution is 5.89. The van der Waals surface area contributed by atoms with Crippen molar-refractivity contribution in [2.45, 2.75) is 19.4 Å². The molecular formula is C23H25NO4. The number of rotatable bonds is 9. The van der Waals surface area contributed by atoms with Gasteiger partial charge in [0.05, 0.1) is 13.7 Å². The largest absolute Gasteiger partial charge is 0.497 e. The van der Waals surface area contributed by atoms with Gasteiger partial charge in [-0.25, -0.2) is 0 Å². The van der Waals surface area contributed by atoms with Crippen LogP contribution in [0.2, 0.25) is 0 Å². The molecule has 0 aliphatic rings. The van der Waals surface area contributed by atoms with E-state index in [1.54, 1.807) is 7.11 Å². The summed E-state index contributed by atoms with van der Waals surface area (Å²) in [5.74, 6) is 2.08. The van der Waals surface area contributed by atoms with E-state index in [-0.39, 0.29) is 5.91 Å². The van der Waals surface area contributed by atoms with Crippen molar-refractivity contribution >= 4 is 16.7 Å². The molecule has 0 bridgehead atoms. The molecule has 0 aromatic heterocycles. The predicted octanol–water partition coefficient (Wildman–Crippen LogP) is 4.20. The van der Waals surface area contributed by atoms with E-state index in [4.69, 9.17) is 14.2 Å². The minimum absolute atomic E-state index is 0.145. The Balaban J connectivity index is 1.51. The molecule has 0 aliphatic carbocycles. The Morgan fingerprint density at radius 3 is 2.43 bits per heavy atom. The molecule has 0 saturated heterocycles. The highest BCUT2D eigenvalue weighted by Crippen LogP contribution is 2.26. The minimum atomic E-state index is -0.549. The van der Waals surface area contributed by atoms with Crippen LogP contribution in [-0.2, 0) is 4.79 Å². The average molecular weight is 379 g/mol. The van der Waals surface area contributed by atoms with Crippen molar-refractivity contribution in [3.05, 3.63) is 66.7 Å². The quantitative estimate of drug-likeness (QED) is 0.566. The zero-order valence-electron chi connectivity index (χ0n) is 16.2. The number of carbonyl (C=O) groups excluding carboxylic acids is 1. The van der Waals surface area contributed by atoms with Crippen LogP contribution in [0.4, 0.5) is 0 Å². The summed E-state index contributed by atoms with van der Waals surface area (Å²) in [5, 5.41) is 4.97. The molecule has 3 aromatic rings. The molecule has 1 atom stereocenters. The van der Waals surface area contributed by atoms with Crippen LogP contribution in [0.15, 0.2) is 66.7 Å². The third-order valence-electron chi connectivity index (χ3n) is 4.41. The van der Waals surface area contributed by atoms with Gasteiger partial charge < -0.3 is 19.5 Å². The first-order chi connectivity index (χ1) is 13.7. The van der Waals surface area contributed by atoms with Crippen molar-refractivity contribution in [3.8, 4) is 17.2 Å². The Morgan fingerprint density at radius 2 is 1.68 bits per heavy atom. The lowest BCUT2D eigenvalue weighted by Crippen LogP contribution is -2.39. The van der Waals surface area contributed by atoms with E-state index >= 15 is 0 Å². The van der Waals surface area contributed by atoms with Crippen molar-refractivity contribution in [2.75, 3.05) is 20.3 Å². The summed E-state index contributed by atoms with van der Waals surface area (Å²) < 4.78 is 16.8. The van der Waals surface area contributed by atoms with Gasteiger partial charge >= 0.3 is 0 Å². The van der Waals surface area contributed by atoms with Gasteiger partial charge in [0.1, 0.15) is 23.9 Å². The summed E-state index contributed by atoms with van der Waals surface area (Å²) >= 11 is 0. The maximum atomic E-state index is 12.5. The first kappa shape index (κ1) is 19.5. The number of fused-ring (bicyclic) bond motifs is 1. The fourth-order valence-corrected chi connectivity index (χ4v) is 2.90. The van der Waals surface area contributed by atoms with Crippen molar-refractivity contribution in [1.29, 1.82) is 0 Å². The van der Waals surface area contributed by atoms with E-state index in [0.29, 0.717) is 19.6 Å². The van der Waals surface area contributed by atoms with Gasteiger partial charge in [-0.2, -0.15) is 0 Å². The second-order valence-electron chi connectivity index (χ2n) is 6.31. The second-order valence-corrected chi connectivity index (χ2v) is 6.31. The fourth-order valence-electron chi connectivity index (χ4n) is 2.90. The van der Waals surface area contributed by atoms with Crippen LogP contribution < -0.4 is 19.5 Å². The molecule has 0 unspecified atom stereocenters. The third kappa shape index (κ3) is 4.94. The Morgan fingerprint density at radius 1 is 0.964 bits per heavy atom. The van der Waals surface area contributed by atoms with E-state index in [1.807, 2.05) is 73.7 Å². The summed E-state index contributed by atoms with van der Waals surface area (Å²) in [5.41, 5.74) is 0. The molecule has 0 radical (unpaired) electrons. The van der Waals surface area contributed by atoms with E-state index in [9.17, 15) is 4.79 Å². The topological polar surface area (TPSA) is 56.8 Å². The zero-order valence-corrected chi connectivity index (χ0v) is 16.2. The molecule has 0 saturated carbocycles. The lowest BCUT2D eigenvalue weighted by Gasteiger charge is -2.18. The first-order valence-electron chi connectivity index (χ1n) is 9.40. The van der Waals surface area contributed by atoms with Gasteiger partial charge in [0.25, 0.3) is 5.91 Å². The van der Waals surface area contributed by atoms with E-state index < -0.39 is 6.10 Å². The van der Waals surface area contributed by atoms with E-state index in [0.717, 1.165) is 28.0 Å².